The summed E-state index contributed by atoms with van der Waals surface area (Å²) in [6, 6.07) is 8.03. The minimum atomic E-state index is -1.06. The van der Waals surface area contributed by atoms with Crippen LogP contribution in [0.2, 0.25) is 0 Å². The van der Waals surface area contributed by atoms with E-state index in [9.17, 15) is 4.55 Å². The van der Waals surface area contributed by atoms with E-state index < -0.39 is 11.2 Å². The largest absolute Gasteiger partial charge is 0.612 e. The molecule has 3 heteroatoms. The molecule has 1 aromatic carbocycles. The lowest BCUT2D eigenvalue weighted by atomic mass is 10.2. The molecule has 11 heavy (non-hydrogen) atoms. The van der Waals surface area contributed by atoms with Crippen molar-refractivity contribution >= 4 is 11.2 Å². The Morgan fingerprint density at radius 2 is 2.45 bits per heavy atom. The van der Waals surface area contributed by atoms with Gasteiger partial charge in [0.25, 0.3) is 0 Å². The summed E-state index contributed by atoms with van der Waals surface area (Å²) in [6.45, 7) is -0.0771. The number of benzene rings is 1. The highest BCUT2D eigenvalue weighted by Crippen LogP contribution is 2.13. The summed E-state index contributed by atoms with van der Waals surface area (Å²) < 4.78 is 11.0. The monoisotopic (exact) mass is 169 g/mol. The summed E-state index contributed by atoms with van der Waals surface area (Å²) in [5, 5.41) is 8.81. The highest BCUT2D eigenvalue weighted by Gasteiger charge is 2.08. The van der Waals surface area contributed by atoms with Crippen molar-refractivity contribution in [2.24, 2.45) is 0 Å². The van der Waals surface area contributed by atoms with Gasteiger partial charge < -0.3 is 9.66 Å². The molecule has 0 aliphatic carbocycles. The van der Waals surface area contributed by atoms with Gasteiger partial charge in [-0.1, -0.05) is 12.1 Å². The second-order valence-electron chi connectivity index (χ2n) is 2.14. The van der Waals surface area contributed by atoms with Crippen LogP contribution in [0.15, 0.2) is 23.1 Å². The maximum atomic E-state index is 11.0. The zero-order valence-electron chi connectivity index (χ0n) is 6.20. The molecule has 1 rings (SSSR count). The summed E-state index contributed by atoms with van der Waals surface area (Å²) in [7, 11) is 0. The van der Waals surface area contributed by atoms with E-state index in [0.717, 1.165) is 0 Å². The van der Waals surface area contributed by atoms with Crippen LogP contribution in [0.5, 0.6) is 0 Å². The Morgan fingerprint density at radius 3 is 2.91 bits per heavy atom. The van der Waals surface area contributed by atoms with Gasteiger partial charge in [-0.05, 0) is 17.2 Å². The number of aliphatic hydroxyl groups excluding tert-OH is 1. The van der Waals surface area contributed by atoms with Crippen LogP contribution >= 0.6 is 0 Å². The smallest absolute Gasteiger partial charge is 0.165 e. The molecule has 0 heterocycles. The Kier molecular flexibility index (Phi) is 2.93. The topological polar surface area (TPSA) is 43.3 Å². The maximum Gasteiger partial charge on any atom is 0.165 e. The molecule has 0 saturated carbocycles. The van der Waals surface area contributed by atoms with Gasteiger partial charge in [0, 0.05) is 11.6 Å². The van der Waals surface area contributed by atoms with Gasteiger partial charge in [0.05, 0.1) is 6.61 Å². The van der Waals surface area contributed by atoms with Crippen molar-refractivity contribution in [3.63, 3.8) is 0 Å². The lowest BCUT2D eigenvalue weighted by Gasteiger charge is -2.06. The summed E-state index contributed by atoms with van der Waals surface area (Å²) in [4.78, 5) is 0.593. The molecule has 0 saturated heterocycles. The highest BCUT2D eigenvalue weighted by atomic mass is 32.2. The maximum absolute atomic E-state index is 11.0. The summed E-state index contributed by atoms with van der Waals surface area (Å²) >= 11 is -1.06. The first kappa shape index (κ1) is 8.59. The van der Waals surface area contributed by atoms with Crippen molar-refractivity contribution in [3.05, 3.63) is 29.8 Å². The van der Waals surface area contributed by atoms with Crippen molar-refractivity contribution in [1.29, 1.82) is 0 Å². The summed E-state index contributed by atoms with van der Waals surface area (Å²) in [5.74, 6) is 0. The fourth-order valence-corrected chi connectivity index (χ4v) is 1.58. The molecule has 59 valence electrons. The summed E-state index contributed by atoms with van der Waals surface area (Å²) in [6.07, 6.45) is 1.57. The van der Waals surface area contributed by atoms with E-state index in [-0.39, 0.29) is 6.61 Å². The van der Waals surface area contributed by atoms with Crippen LogP contribution in [0.3, 0.4) is 0 Å². The second-order valence-corrected chi connectivity index (χ2v) is 3.45. The van der Waals surface area contributed by atoms with Gasteiger partial charge in [0.15, 0.2) is 4.90 Å². The quantitative estimate of drug-likeness (QED) is 0.663. The van der Waals surface area contributed by atoms with Crippen LogP contribution in [-0.4, -0.2) is 15.9 Å². The van der Waals surface area contributed by atoms with Gasteiger partial charge in [-0.3, -0.25) is 0 Å². The Hall–Kier alpha value is -0.510. The minimum Gasteiger partial charge on any atom is -0.612 e. The molecule has 0 spiro atoms. The third-order valence-corrected chi connectivity index (χ3v) is 2.31. The molecule has 0 fully saturated rings. The van der Waals surface area contributed by atoms with Gasteiger partial charge in [-0.15, -0.1) is 0 Å². The molecule has 2 nitrogen and oxygen atoms in total. The standard InChI is InChI=1S/C8H9O2S/c1-11(10)8-5-3-2-4-7(8)6-9/h2-4,9H,6H2,1H3. The first-order valence-corrected chi connectivity index (χ1v) is 4.75. The van der Waals surface area contributed by atoms with Crippen LogP contribution in [0.25, 0.3) is 0 Å². The molecule has 1 unspecified atom stereocenters. The van der Waals surface area contributed by atoms with Gasteiger partial charge in [0.1, 0.15) is 6.26 Å². The van der Waals surface area contributed by atoms with E-state index in [2.05, 4.69) is 6.07 Å². The van der Waals surface area contributed by atoms with Crippen molar-refractivity contribution in [2.75, 3.05) is 6.26 Å². The van der Waals surface area contributed by atoms with E-state index >= 15 is 0 Å². The van der Waals surface area contributed by atoms with Crippen LogP contribution in [-0.2, 0) is 17.8 Å². The average molecular weight is 169 g/mol. The molecule has 0 aromatic heterocycles. The molecule has 1 radical (unpaired) electrons. The Morgan fingerprint density at radius 1 is 1.73 bits per heavy atom. The molecule has 0 bridgehead atoms. The van der Waals surface area contributed by atoms with E-state index in [1.807, 2.05) is 0 Å². The SMILES string of the molecule is C[S+]([O-])c1[c]cccc1CO. The minimum absolute atomic E-state index is 0.0771. The molecule has 0 aliphatic heterocycles. The fourth-order valence-electron chi connectivity index (χ4n) is 0.849. The molecular weight excluding hydrogens is 160 g/mol. The predicted molar refractivity (Wildman–Crippen MR) is 43.5 cm³/mol. The number of hydrogen-bond donors (Lipinski definition) is 1. The van der Waals surface area contributed by atoms with Crippen molar-refractivity contribution in [1.82, 2.24) is 0 Å². The summed E-state index contributed by atoms with van der Waals surface area (Å²) in [5.41, 5.74) is 0.688. The molecule has 1 atom stereocenters. The third kappa shape index (κ3) is 1.96. The molecular formula is C8H9O2S. The third-order valence-electron chi connectivity index (χ3n) is 1.36. The molecule has 1 N–H and O–H groups in total. The van der Waals surface area contributed by atoms with Crippen LogP contribution in [0.4, 0.5) is 0 Å². The van der Waals surface area contributed by atoms with Crippen LogP contribution in [0, 0.1) is 6.07 Å². The van der Waals surface area contributed by atoms with Crippen molar-refractivity contribution < 1.29 is 9.66 Å². The Labute approximate surface area is 69.0 Å². The van der Waals surface area contributed by atoms with Crippen molar-refractivity contribution in [2.45, 2.75) is 11.5 Å². The first-order chi connectivity index (χ1) is 5.25. The fraction of sp³-hybridized carbons (Fsp3) is 0.250. The van der Waals surface area contributed by atoms with Gasteiger partial charge in [-0.2, -0.15) is 0 Å². The predicted octanol–water partition coefficient (Wildman–Crippen LogP) is 0.716. The average Bonchev–Trinajstić information content (AvgIpc) is 2.04. The van der Waals surface area contributed by atoms with E-state index in [1.165, 1.54) is 0 Å². The highest BCUT2D eigenvalue weighted by molar-refractivity contribution is 7.90. The van der Waals surface area contributed by atoms with Gasteiger partial charge in [0.2, 0.25) is 0 Å². The number of rotatable bonds is 2. The van der Waals surface area contributed by atoms with Gasteiger partial charge in [-0.25, -0.2) is 0 Å². The van der Waals surface area contributed by atoms with Crippen LogP contribution in [0.1, 0.15) is 5.56 Å². The molecule has 1 aromatic rings. The second kappa shape index (κ2) is 3.76. The Bertz CT molecular complexity index is 235. The lowest BCUT2D eigenvalue weighted by Crippen LogP contribution is -2.02. The number of aliphatic hydroxyl groups is 1. The molecule has 0 amide bonds. The van der Waals surface area contributed by atoms with E-state index in [1.54, 1.807) is 24.5 Å². The first-order valence-electron chi connectivity index (χ1n) is 3.19. The normalized spacial score (nSPS) is 13.0. The zero-order chi connectivity index (χ0) is 8.27. The van der Waals surface area contributed by atoms with E-state index in [4.69, 9.17) is 5.11 Å². The number of hydrogen-bond acceptors (Lipinski definition) is 2. The lowest BCUT2D eigenvalue weighted by molar-refractivity contribution is 0.278. The van der Waals surface area contributed by atoms with Crippen molar-refractivity contribution in [3.8, 4) is 0 Å². The van der Waals surface area contributed by atoms with Crippen LogP contribution < -0.4 is 0 Å². The molecule has 0 aliphatic rings. The van der Waals surface area contributed by atoms with E-state index in [0.29, 0.717) is 10.5 Å². The zero-order valence-corrected chi connectivity index (χ0v) is 7.02. The Balaban J connectivity index is 3.02. The van der Waals surface area contributed by atoms with Gasteiger partial charge >= 0.3 is 0 Å².